The van der Waals surface area contributed by atoms with E-state index in [0.717, 1.165) is 0 Å². The Morgan fingerprint density at radius 3 is 1.06 bits per heavy atom. The van der Waals surface area contributed by atoms with E-state index in [1.54, 1.807) is 0 Å². The van der Waals surface area contributed by atoms with E-state index in [1.807, 2.05) is 0 Å². The Kier molecular flexibility index (Phi) is 6.92. The summed E-state index contributed by atoms with van der Waals surface area (Å²) in [5, 5.41) is 0. The first-order valence-electron chi connectivity index (χ1n) is 5.82. The zero-order chi connectivity index (χ0) is 12.3. The average molecular weight is 393 g/mol. The molecule has 0 saturated heterocycles. The normalized spacial score (nSPS) is 9.29. The predicted octanol–water partition coefficient (Wildman–Crippen LogP) is 4.66. The van der Waals surface area contributed by atoms with Crippen LogP contribution in [0.1, 0.15) is 33.4 Å². The summed E-state index contributed by atoms with van der Waals surface area (Å²) in [6.45, 7) is 12.9. The van der Waals surface area contributed by atoms with Crippen molar-refractivity contribution in [1.29, 1.82) is 0 Å². The molecule has 2 aromatic carbocycles. The summed E-state index contributed by atoms with van der Waals surface area (Å²) in [6, 6.07) is 8.63. The van der Waals surface area contributed by atoms with Gasteiger partial charge in [0.2, 0.25) is 0 Å². The molecule has 0 fully saturated rings. The van der Waals surface area contributed by atoms with Crippen LogP contribution in [0.2, 0.25) is 0 Å². The first-order valence-corrected chi connectivity index (χ1v) is 5.82. The van der Waals surface area contributed by atoms with Gasteiger partial charge in [-0.15, -0.1) is 0 Å². The van der Waals surface area contributed by atoms with E-state index in [-0.39, 0.29) is 25.8 Å². The van der Waals surface area contributed by atoms with Gasteiger partial charge >= 0.3 is 0 Å². The molecule has 0 unspecified atom stereocenters. The van der Waals surface area contributed by atoms with Crippen molar-refractivity contribution in [3.8, 4) is 0 Å². The third-order valence-corrected chi connectivity index (χ3v) is 3.53. The third-order valence-electron chi connectivity index (χ3n) is 3.53. The van der Waals surface area contributed by atoms with Crippen LogP contribution in [0, 0.1) is 41.5 Å². The van der Waals surface area contributed by atoms with E-state index in [0.29, 0.717) is 0 Å². The van der Waals surface area contributed by atoms with Crippen LogP contribution >= 0.6 is 0 Å². The van der Waals surface area contributed by atoms with E-state index in [9.17, 15) is 0 Å². The second-order valence-electron chi connectivity index (χ2n) is 4.65. The second kappa shape index (κ2) is 7.10. The number of aryl methyl sites for hydroxylation is 4. The van der Waals surface area contributed by atoms with E-state index in [1.165, 1.54) is 33.4 Å². The molecule has 0 atom stereocenters. The minimum atomic E-state index is 0. The smallest absolute Gasteiger partial charge is 0 e. The number of hydrogen-bond acceptors (Lipinski definition) is 0. The second-order valence-corrected chi connectivity index (χ2v) is 4.65. The predicted molar refractivity (Wildman–Crippen MR) is 72.5 cm³/mol. The molecule has 0 amide bonds. The Morgan fingerprint density at radius 1 is 0.706 bits per heavy atom. The molecule has 0 spiro atoms. The topological polar surface area (TPSA) is 0 Å². The van der Waals surface area contributed by atoms with E-state index in [4.69, 9.17) is 0 Å². The van der Waals surface area contributed by atoms with Crippen molar-refractivity contribution < 1.29 is 25.8 Å². The first kappa shape index (κ1) is 16.6. The maximum Gasteiger partial charge on any atom is 0 e. The van der Waals surface area contributed by atoms with Crippen LogP contribution in [0.3, 0.4) is 0 Å². The zero-order valence-corrected chi connectivity index (χ0v) is 15.4. The minimum absolute atomic E-state index is 0. The van der Waals surface area contributed by atoms with E-state index < -0.39 is 0 Å². The zero-order valence-electron chi connectivity index (χ0n) is 11.8. The molecular formula is C16H22Hf-2. The van der Waals surface area contributed by atoms with Crippen LogP contribution in [-0.4, -0.2) is 0 Å². The van der Waals surface area contributed by atoms with Gasteiger partial charge in [-0.1, -0.05) is 41.5 Å². The standard InChI is InChI=1S/2C8H11.Hf/c2*1-6-4-5-7(2)8(6)3;/h2*4-5H,1-3H3;/q2*-1;. The van der Waals surface area contributed by atoms with Gasteiger partial charge in [-0.3, -0.25) is 0 Å². The Balaban J connectivity index is 0.000000284. The van der Waals surface area contributed by atoms with Gasteiger partial charge in [-0.2, -0.15) is 45.5 Å². The van der Waals surface area contributed by atoms with Crippen molar-refractivity contribution in [2.75, 3.05) is 0 Å². The van der Waals surface area contributed by atoms with Crippen LogP contribution in [-0.2, 0) is 25.8 Å². The van der Waals surface area contributed by atoms with Crippen LogP contribution < -0.4 is 0 Å². The van der Waals surface area contributed by atoms with Gasteiger partial charge in [-0.25, -0.2) is 12.1 Å². The molecule has 0 aliphatic carbocycles. The molecule has 0 N–H and O–H groups in total. The van der Waals surface area contributed by atoms with Gasteiger partial charge in [0.1, 0.15) is 0 Å². The molecule has 17 heavy (non-hydrogen) atoms. The SMILES string of the molecule is Cc1cc[c-](C)c1C.Cc1cc[c-](C)c1C.[Hf]. The van der Waals surface area contributed by atoms with Crippen molar-refractivity contribution in [2.24, 2.45) is 0 Å². The quantitative estimate of drug-likeness (QED) is 0.452. The summed E-state index contributed by atoms with van der Waals surface area (Å²) in [6.07, 6.45) is 0. The minimum Gasteiger partial charge on any atom is -0.210 e. The maximum absolute atomic E-state index is 2.16. The summed E-state index contributed by atoms with van der Waals surface area (Å²) < 4.78 is 0. The molecule has 0 saturated carbocycles. The summed E-state index contributed by atoms with van der Waals surface area (Å²) in [7, 11) is 0. The Hall–Kier alpha value is -0.430. The average Bonchev–Trinajstić information content (AvgIpc) is 2.70. The third kappa shape index (κ3) is 4.39. The Labute approximate surface area is 125 Å². The van der Waals surface area contributed by atoms with Gasteiger partial charge < -0.3 is 0 Å². The van der Waals surface area contributed by atoms with Gasteiger partial charge in [0, 0.05) is 25.8 Å². The molecule has 0 nitrogen and oxygen atoms in total. The van der Waals surface area contributed by atoms with Crippen molar-refractivity contribution in [2.45, 2.75) is 41.5 Å². The van der Waals surface area contributed by atoms with E-state index >= 15 is 0 Å². The molecule has 92 valence electrons. The fraction of sp³-hybridized carbons (Fsp3) is 0.375. The van der Waals surface area contributed by atoms with Gasteiger partial charge in [0.05, 0.1) is 0 Å². The van der Waals surface area contributed by atoms with E-state index in [2.05, 4.69) is 65.8 Å². The van der Waals surface area contributed by atoms with Crippen molar-refractivity contribution in [3.63, 3.8) is 0 Å². The van der Waals surface area contributed by atoms with Gasteiger partial charge in [-0.05, 0) is 0 Å². The first-order chi connectivity index (χ1) is 7.43. The molecule has 0 heterocycles. The van der Waals surface area contributed by atoms with Crippen LogP contribution in [0.25, 0.3) is 0 Å². The number of rotatable bonds is 0. The Morgan fingerprint density at radius 2 is 1.00 bits per heavy atom. The van der Waals surface area contributed by atoms with Gasteiger partial charge in [0.25, 0.3) is 0 Å². The summed E-state index contributed by atoms with van der Waals surface area (Å²) in [5.41, 5.74) is 8.49. The molecule has 1 heteroatoms. The largest absolute Gasteiger partial charge is 0.210 e. The maximum atomic E-state index is 2.16. The summed E-state index contributed by atoms with van der Waals surface area (Å²) in [5.74, 6) is 0. The van der Waals surface area contributed by atoms with Crippen molar-refractivity contribution >= 4 is 0 Å². The molecule has 0 aliphatic heterocycles. The molecule has 0 radical (unpaired) electrons. The van der Waals surface area contributed by atoms with Gasteiger partial charge in [0.15, 0.2) is 0 Å². The fourth-order valence-electron chi connectivity index (χ4n) is 1.62. The van der Waals surface area contributed by atoms with Crippen LogP contribution in [0.4, 0.5) is 0 Å². The van der Waals surface area contributed by atoms with Crippen molar-refractivity contribution in [3.05, 3.63) is 57.6 Å². The molecule has 2 aromatic rings. The Bertz CT molecular complexity index is 375. The number of hydrogen-bond donors (Lipinski definition) is 0. The molecule has 0 aliphatic rings. The van der Waals surface area contributed by atoms with Crippen LogP contribution in [0.15, 0.2) is 24.3 Å². The summed E-state index contributed by atoms with van der Waals surface area (Å²) in [4.78, 5) is 0. The summed E-state index contributed by atoms with van der Waals surface area (Å²) >= 11 is 0. The van der Waals surface area contributed by atoms with Crippen LogP contribution in [0.5, 0.6) is 0 Å². The molecule has 0 aromatic heterocycles. The molecular weight excluding hydrogens is 371 g/mol. The fourth-order valence-corrected chi connectivity index (χ4v) is 1.62. The monoisotopic (exact) mass is 394 g/mol. The van der Waals surface area contributed by atoms with Crippen molar-refractivity contribution in [1.82, 2.24) is 0 Å². The molecule has 0 bridgehead atoms. The molecule has 2 rings (SSSR count).